The molecule has 0 bridgehead atoms. The van der Waals surface area contributed by atoms with Crippen LogP contribution in [0.15, 0.2) is 109 Å². The second kappa shape index (κ2) is 17.9. The summed E-state index contributed by atoms with van der Waals surface area (Å²) in [6, 6.07) is 29.5. The largest absolute Gasteiger partial charge is 1.00 e. The van der Waals surface area contributed by atoms with Crippen LogP contribution in [-0.4, -0.2) is 32.5 Å². The maximum Gasteiger partial charge on any atom is 0.312 e. The van der Waals surface area contributed by atoms with Gasteiger partial charge in [-0.1, -0.05) is 83.2 Å². The van der Waals surface area contributed by atoms with Crippen molar-refractivity contribution in [2.75, 3.05) is 11.5 Å². The van der Waals surface area contributed by atoms with Crippen LogP contribution in [0.3, 0.4) is 0 Å². The third-order valence-electron chi connectivity index (χ3n) is 19.4. The zero-order valence-corrected chi connectivity index (χ0v) is 42.5. The molecule has 350 valence electrons. The number of unbranched alkanes of at least 4 members (excludes halogenated alkanes) is 1. The summed E-state index contributed by atoms with van der Waals surface area (Å²) in [4.78, 5) is 16.9. The number of aliphatic hydroxyl groups excluding tert-OH is 1. The fraction of sp³-hybridized carbons (Fsp3) is 0.544. The van der Waals surface area contributed by atoms with Gasteiger partial charge in [0.05, 0.1) is 35.5 Å². The number of para-hydroxylation sites is 2. The van der Waals surface area contributed by atoms with Gasteiger partial charge in [0, 0.05) is 35.5 Å². The van der Waals surface area contributed by atoms with Gasteiger partial charge in [-0.15, -0.1) is 0 Å². The molecule has 5 saturated carbocycles. The first-order chi connectivity index (χ1) is 31.2. The fourth-order valence-electron chi connectivity index (χ4n) is 15.8. The molecule has 0 radical (unpaired) electrons. The molecular formula is C57H71BrN4O3S. The summed E-state index contributed by atoms with van der Waals surface area (Å²) in [5.74, 6) is 2.45. The number of carbonyl (C=O) groups excluding carboxylic acids is 1. The van der Waals surface area contributed by atoms with Crippen LogP contribution in [0.25, 0.3) is 22.2 Å². The number of ether oxygens (including phenoxy) is 1. The van der Waals surface area contributed by atoms with Gasteiger partial charge in [0.25, 0.3) is 0 Å². The number of benzene rings is 3. The molecule has 2 heterocycles. The van der Waals surface area contributed by atoms with Crippen molar-refractivity contribution in [3.05, 3.63) is 109 Å². The Morgan fingerprint density at radius 3 is 2.14 bits per heavy atom. The molecule has 2 aromatic heterocycles. The van der Waals surface area contributed by atoms with Crippen LogP contribution >= 0.6 is 11.7 Å². The molecule has 0 aliphatic heterocycles. The summed E-state index contributed by atoms with van der Waals surface area (Å²) in [6.45, 7) is 20.7. The van der Waals surface area contributed by atoms with E-state index in [-0.39, 0.29) is 50.7 Å². The summed E-state index contributed by atoms with van der Waals surface area (Å²) in [5.41, 5.74) is 8.54. The van der Waals surface area contributed by atoms with Crippen LogP contribution in [0.1, 0.15) is 119 Å². The van der Waals surface area contributed by atoms with E-state index in [9.17, 15) is 9.90 Å². The molecule has 5 fully saturated rings. The first kappa shape index (κ1) is 47.2. The van der Waals surface area contributed by atoms with Crippen molar-refractivity contribution in [2.45, 2.75) is 131 Å². The highest BCUT2D eigenvalue weighted by Crippen LogP contribution is 2.77. The highest BCUT2D eigenvalue weighted by molar-refractivity contribution is 7.00. The lowest BCUT2D eigenvalue weighted by Crippen LogP contribution is -3.00. The van der Waals surface area contributed by atoms with Gasteiger partial charge in [0.15, 0.2) is 12.4 Å². The van der Waals surface area contributed by atoms with E-state index in [4.69, 9.17) is 13.5 Å². The summed E-state index contributed by atoms with van der Waals surface area (Å²) in [5, 5.41) is 11.2. The Kier molecular flexibility index (Phi) is 12.8. The number of pyridine rings is 1. The van der Waals surface area contributed by atoms with Crippen LogP contribution in [0.4, 0.5) is 17.1 Å². The van der Waals surface area contributed by atoms with Crippen LogP contribution in [0.2, 0.25) is 0 Å². The van der Waals surface area contributed by atoms with E-state index in [1.54, 1.807) is 0 Å². The average Bonchev–Trinajstić information content (AvgIpc) is 3.96. The van der Waals surface area contributed by atoms with Crippen molar-refractivity contribution in [1.82, 2.24) is 8.75 Å². The van der Waals surface area contributed by atoms with Crippen LogP contribution in [0, 0.1) is 56.7 Å². The van der Waals surface area contributed by atoms with Crippen LogP contribution in [0.5, 0.6) is 0 Å². The lowest BCUT2D eigenvalue weighted by Gasteiger charge is -2.72. The van der Waals surface area contributed by atoms with E-state index < -0.39 is 5.41 Å². The van der Waals surface area contributed by atoms with Crippen molar-refractivity contribution >= 4 is 45.8 Å². The number of rotatable bonds is 11. The lowest BCUT2D eigenvalue weighted by molar-refractivity contribution is -0.697. The minimum atomic E-state index is -0.405. The van der Waals surface area contributed by atoms with Gasteiger partial charge in [0.1, 0.15) is 17.6 Å². The number of aliphatic hydroxyl groups is 1. The number of aromatic nitrogens is 3. The minimum absolute atomic E-state index is 0. The zero-order valence-electron chi connectivity index (χ0n) is 40.1. The first-order valence-electron chi connectivity index (χ1n) is 24.9. The second-order valence-electron chi connectivity index (χ2n) is 22.5. The Morgan fingerprint density at radius 1 is 0.773 bits per heavy atom. The zero-order chi connectivity index (χ0) is 45.4. The third-order valence-corrected chi connectivity index (χ3v) is 19.9. The standard InChI is InChI=1S/C57H71N4O3S.BrH/c1-38(2)42-24-31-57(33-32-55(6)44(49(42)57)21-23-47-54(5)29-26-48(62)53(3,4)46(54)25-30-56(47,55)7)52(63)64-37-15-14-34-60-35-27-39(28-36-60)43-20-22-45(51-50(43)58-65-59-51)61(40-16-10-8-11-17-40)41-18-12-9-13-19-41;/h8-13,16-20,22,27-28,35-36,42,44,46-49,62H,1,14-15,21,23-26,29-34,37H2,2-7H3;1H/q+1;/p-1/t42-,44+,46-,47+,48-,49+,54-,55+,56+,57-;/m0./s1. The minimum Gasteiger partial charge on any atom is -1.00 e. The molecule has 0 amide bonds. The Bertz CT molecular complexity index is 2510. The smallest absolute Gasteiger partial charge is 0.312 e. The number of hydrogen-bond acceptors (Lipinski definition) is 7. The number of carbonyl (C=O) groups is 1. The van der Waals surface area contributed by atoms with Gasteiger partial charge >= 0.3 is 5.97 Å². The van der Waals surface area contributed by atoms with Gasteiger partial charge in [-0.3, -0.25) is 4.79 Å². The number of fused-ring (bicyclic) bond motifs is 8. The quantitative estimate of drug-likeness (QED) is 0.0615. The molecule has 9 heteroatoms. The van der Waals surface area contributed by atoms with Gasteiger partial charge < -0.3 is 31.7 Å². The number of anilines is 3. The Morgan fingerprint density at radius 2 is 1.45 bits per heavy atom. The Labute approximate surface area is 408 Å². The topological polar surface area (TPSA) is 79.4 Å². The molecule has 5 aliphatic rings. The van der Waals surface area contributed by atoms with E-state index in [1.807, 2.05) is 12.1 Å². The molecule has 0 spiro atoms. The predicted molar refractivity (Wildman–Crippen MR) is 263 cm³/mol. The van der Waals surface area contributed by atoms with Crippen LogP contribution < -0.4 is 26.4 Å². The van der Waals surface area contributed by atoms with E-state index in [0.29, 0.717) is 36.2 Å². The molecule has 0 unspecified atom stereocenters. The maximum atomic E-state index is 14.6. The number of allylic oxidation sites excluding steroid dienone is 1. The Balaban J connectivity index is 0.00000548. The summed E-state index contributed by atoms with van der Waals surface area (Å²) in [6.07, 6.45) is 16.8. The molecular weight excluding hydrogens is 901 g/mol. The molecule has 66 heavy (non-hydrogen) atoms. The van der Waals surface area contributed by atoms with Crippen molar-refractivity contribution in [2.24, 2.45) is 56.7 Å². The molecule has 10 atom stereocenters. The van der Waals surface area contributed by atoms with E-state index in [0.717, 1.165) is 97.1 Å². The van der Waals surface area contributed by atoms with E-state index in [1.165, 1.54) is 43.0 Å². The highest BCUT2D eigenvalue weighted by atomic mass is 79.9. The van der Waals surface area contributed by atoms with Crippen LogP contribution in [-0.2, 0) is 16.1 Å². The highest BCUT2D eigenvalue weighted by Gasteiger charge is 2.72. The molecule has 5 aromatic rings. The normalized spacial score (nSPS) is 33.1. The molecule has 5 aliphatic carbocycles. The number of hydrogen-bond donors (Lipinski definition) is 1. The molecule has 0 saturated heterocycles. The number of halogens is 1. The predicted octanol–water partition coefficient (Wildman–Crippen LogP) is 10.5. The monoisotopic (exact) mass is 970 g/mol. The summed E-state index contributed by atoms with van der Waals surface area (Å²) in [7, 11) is 0. The van der Waals surface area contributed by atoms with Gasteiger partial charge in [-0.25, -0.2) is 4.57 Å². The Hall–Kier alpha value is -3.92. The summed E-state index contributed by atoms with van der Waals surface area (Å²) < 4.78 is 18.2. The maximum absolute atomic E-state index is 14.6. The molecule has 1 N–H and O–H groups in total. The van der Waals surface area contributed by atoms with Crippen molar-refractivity contribution in [1.29, 1.82) is 0 Å². The molecule has 3 aromatic carbocycles. The van der Waals surface area contributed by atoms with Gasteiger partial charge in [-0.2, -0.15) is 8.75 Å². The molecule has 10 rings (SSSR count). The number of esters is 1. The van der Waals surface area contributed by atoms with E-state index >= 15 is 0 Å². The van der Waals surface area contributed by atoms with Gasteiger partial charge in [0.2, 0.25) is 0 Å². The van der Waals surface area contributed by atoms with Gasteiger partial charge in [-0.05, 0) is 171 Å². The summed E-state index contributed by atoms with van der Waals surface area (Å²) >= 11 is 1.25. The number of nitrogens with zero attached hydrogens (tertiary/aromatic N) is 4. The second-order valence-corrected chi connectivity index (χ2v) is 23.0. The molecule has 7 nitrogen and oxygen atoms in total. The van der Waals surface area contributed by atoms with E-state index in [2.05, 4.69) is 143 Å². The average molecular weight is 972 g/mol. The first-order valence-corrected chi connectivity index (χ1v) is 25.6. The number of aryl methyl sites for hydroxylation is 1. The SMILES string of the molecule is C=C(C)[C@@H]1CC[C@]2(C(=O)OCCCC[n+]3ccc(-c4ccc(N(c5ccccc5)c5ccccc5)c5nsnc45)cc3)CC[C@]3(C)[C@H](CC[C@@H]4[C@@]5(C)CC[C@H](O)C(C)(C)[C@@H]5CC[C@]43C)[C@@H]12.[Br-]. The fourth-order valence-corrected chi connectivity index (χ4v) is 16.4. The lowest BCUT2D eigenvalue weighted by atomic mass is 9.32. The van der Waals surface area contributed by atoms with Crippen molar-refractivity contribution in [3.63, 3.8) is 0 Å². The van der Waals surface area contributed by atoms with Crippen molar-refractivity contribution < 1.29 is 36.2 Å². The third kappa shape index (κ3) is 7.42. The van der Waals surface area contributed by atoms with Crippen molar-refractivity contribution in [3.8, 4) is 11.1 Å².